The first-order valence-electron chi connectivity index (χ1n) is 49.3. The molecule has 0 saturated heterocycles. The Balaban J connectivity index is 0.00000252. The van der Waals surface area contributed by atoms with Gasteiger partial charge in [0.15, 0.2) is 0 Å². The molecule has 0 aromatic heterocycles. The normalized spacial score (nSPS) is 12.3. The minimum Gasteiger partial charge on any atom is -0.493 e. The van der Waals surface area contributed by atoms with Crippen LogP contribution < -0.4 is 0 Å². The van der Waals surface area contributed by atoms with Crippen molar-refractivity contribution in [1.29, 1.82) is 0 Å². The smallest absolute Gasteiger partial charge is 0.493 e. The molecule has 0 fully saturated rings. The summed E-state index contributed by atoms with van der Waals surface area (Å²) in [4.78, 5) is 0. The van der Waals surface area contributed by atoms with Crippen LogP contribution in [0.4, 0.5) is 0 Å². The van der Waals surface area contributed by atoms with Crippen molar-refractivity contribution in [1.82, 2.24) is 0 Å². The Hall–Kier alpha value is -2.25. The third kappa shape index (κ3) is 62.2. The van der Waals surface area contributed by atoms with Crippen molar-refractivity contribution < 1.29 is 21.2 Å². The predicted octanol–water partition coefficient (Wildman–Crippen LogP) is 37.9. The van der Waals surface area contributed by atoms with Gasteiger partial charge in [0, 0.05) is 16.7 Å². The molecule has 0 spiro atoms. The van der Waals surface area contributed by atoms with Crippen LogP contribution in [-0.2, 0) is 42.2 Å². The number of rotatable bonds is 78. The quantitative estimate of drug-likeness (QED) is 0.0273. The van der Waals surface area contributed by atoms with E-state index in [9.17, 15) is 5.53 Å². The van der Waals surface area contributed by atoms with Gasteiger partial charge in [-0.1, -0.05) is 484 Å². The second-order valence-electron chi connectivity index (χ2n) is 34.2. The van der Waals surface area contributed by atoms with Crippen molar-refractivity contribution in [2.45, 2.75) is 550 Å². The van der Waals surface area contributed by atoms with Crippen LogP contribution in [0.15, 0.2) is 59.7 Å². The number of hydrogen-bond acceptors (Lipinski definition) is 0. The number of nitrogens with zero attached hydrogens (tertiary/aromatic N) is 2. The van der Waals surface area contributed by atoms with Crippen molar-refractivity contribution in [2.75, 3.05) is 0 Å². The molecule has 0 atom stereocenters. The first-order valence-corrected chi connectivity index (χ1v) is 49.3. The molecule has 108 heavy (non-hydrogen) atoms. The monoisotopic (exact) mass is 1540 g/mol. The summed E-state index contributed by atoms with van der Waals surface area (Å²) in [6, 6.07) is 14.8. The van der Waals surface area contributed by atoms with Crippen LogP contribution in [-0.4, -0.2) is 4.70 Å². The van der Waals surface area contributed by atoms with Gasteiger partial charge in [0.05, 0.1) is 5.57 Å². The fourth-order valence-electron chi connectivity index (χ4n) is 16.4. The van der Waals surface area contributed by atoms with E-state index in [2.05, 4.69) is 118 Å². The Morgan fingerprint density at radius 1 is 0.241 bits per heavy atom. The second-order valence-corrected chi connectivity index (χ2v) is 34.2. The van der Waals surface area contributed by atoms with Crippen LogP contribution >= 0.6 is 0 Å². The molecular formula is C105H190N2Ni. The van der Waals surface area contributed by atoms with Crippen LogP contribution in [0.2, 0.25) is 0 Å². The van der Waals surface area contributed by atoms with Crippen LogP contribution in [0.1, 0.15) is 557 Å². The second kappa shape index (κ2) is 84.2. The van der Waals surface area contributed by atoms with E-state index in [1.807, 2.05) is 0 Å². The summed E-state index contributed by atoms with van der Waals surface area (Å²) in [6.45, 7) is 26.2. The molecule has 1 heterocycles. The van der Waals surface area contributed by atoms with Crippen molar-refractivity contribution in [3.8, 4) is 0 Å². The molecule has 630 valence electrons. The van der Waals surface area contributed by atoms with E-state index < -0.39 is 0 Å². The van der Waals surface area contributed by atoms with E-state index in [4.69, 9.17) is 0 Å². The molecule has 2 aromatic rings. The van der Waals surface area contributed by atoms with Gasteiger partial charge in [-0.2, -0.15) is 12.8 Å². The van der Waals surface area contributed by atoms with Crippen LogP contribution in [0.25, 0.3) is 16.9 Å². The van der Waals surface area contributed by atoms with E-state index in [1.54, 1.807) is 4.70 Å². The number of aryl methyl sites for hydroxylation is 4. The average molecular weight is 1540 g/mol. The molecule has 0 amide bonds. The summed E-state index contributed by atoms with van der Waals surface area (Å²) in [7, 11) is 0. The van der Waals surface area contributed by atoms with Crippen LogP contribution in [0, 0.1) is 13.8 Å². The summed E-state index contributed by atoms with van der Waals surface area (Å²) in [5.74, 6) is 0. The number of allylic oxidation sites excluding steroid dienone is 4. The van der Waals surface area contributed by atoms with Gasteiger partial charge in [0.2, 0.25) is 11.4 Å². The topological polar surface area (TPSA) is 25.3 Å². The summed E-state index contributed by atoms with van der Waals surface area (Å²) in [5.41, 5.74) is 25.8. The van der Waals surface area contributed by atoms with Gasteiger partial charge in [0.25, 0.3) is 0 Å². The number of benzene rings is 2. The standard InChI is InChI=1S/C69H116N2.2C18H37.Ni/c1-7-13-19-21-22-23-24-25-26-27-28-29-30-31-32-33-34-35-36-37-38-39-40-41-47-53-67-66(52-46-20-14-8-2)68(64-56-60(48-42-15-9-3)54-61(57-64)49-43-16-10-4)71(70)69(67)65-58-62(50-44-17-11-5)55-63(59-65)51-45-18-12-6;2*1-3-5-7-9-11-13-15-17-18-16-14-12-10-8-6-4-2;/h47,53-59H,7-46,48-52H2,1-6H3;2*1,3-18H2,2H3;/q;2*-1;+2. The minimum absolute atomic E-state index is 0. The molecule has 0 N–H and O–H groups in total. The summed E-state index contributed by atoms with van der Waals surface area (Å²) >= 11 is 0. The van der Waals surface area contributed by atoms with Crippen LogP contribution in [0.5, 0.6) is 0 Å². The third-order valence-corrected chi connectivity index (χ3v) is 23.5. The molecule has 2 nitrogen and oxygen atoms in total. The molecule has 1 aliphatic rings. The Morgan fingerprint density at radius 3 is 0.676 bits per heavy atom. The Labute approximate surface area is 690 Å². The zero-order valence-electron chi connectivity index (χ0n) is 74.7. The fraction of sp³-hybridized carbons (Fsp3) is 0.810. The number of unbranched alkanes of at least 4 members (excludes halogenated alkanes) is 64. The van der Waals surface area contributed by atoms with Gasteiger partial charge in [0.1, 0.15) is 0 Å². The van der Waals surface area contributed by atoms with Gasteiger partial charge >= 0.3 is 16.5 Å². The Morgan fingerprint density at radius 2 is 0.435 bits per heavy atom. The van der Waals surface area contributed by atoms with Crippen molar-refractivity contribution in [3.05, 3.63) is 112 Å². The van der Waals surface area contributed by atoms with E-state index in [-0.39, 0.29) is 16.5 Å². The third-order valence-electron chi connectivity index (χ3n) is 23.5. The maximum absolute atomic E-state index is 12.9. The molecule has 3 rings (SSSR count). The molecule has 0 radical (unpaired) electrons. The van der Waals surface area contributed by atoms with Crippen molar-refractivity contribution in [2.24, 2.45) is 0 Å². The first kappa shape index (κ1) is 106. The SMILES string of the molecule is CCCCCCCCCCCCCCCCCCCCCCCCCC=CC1=C(c2cc(CCCCC)cc(CCCCC)c2)[N+](=[N-])C(c2cc(CCCCC)cc(CCCCC)c2)=C1CCCCCC.[CH2-]CCCCCCCCCCCCCCCCC.[CH2-]CCCCCCCCCCCCCCCCC.[Ni+2]. The molecule has 3 heteroatoms. The van der Waals surface area contributed by atoms with Crippen molar-refractivity contribution >= 4 is 11.4 Å². The van der Waals surface area contributed by atoms with E-state index in [0.29, 0.717) is 0 Å². The zero-order chi connectivity index (χ0) is 77.5. The number of hydrogen-bond donors (Lipinski definition) is 0. The zero-order valence-corrected chi connectivity index (χ0v) is 75.7. The van der Waals surface area contributed by atoms with E-state index >= 15 is 0 Å². The average Bonchev–Trinajstić information content (AvgIpc) is 1.60. The minimum atomic E-state index is 0. The van der Waals surface area contributed by atoms with Crippen molar-refractivity contribution in [3.63, 3.8) is 0 Å². The maximum atomic E-state index is 12.9. The molecule has 0 bridgehead atoms. The first-order chi connectivity index (χ1) is 52.8. The van der Waals surface area contributed by atoms with Gasteiger partial charge in [-0.3, -0.25) is 0 Å². The molecule has 0 aliphatic carbocycles. The van der Waals surface area contributed by atoms with E-state index in [1.165, 1.54) is 481 Å². The van der Waals surface area contributed by atoms with Gasteiger partial charge in [-0.15, -0.1) is 0 Å². The molecule has 1 aliphatic heterocycles. The Bertz CT molecular complexity index is 2180. The van der Waals surface area contributed by atoms with Gasteiger partial charge in [-0.05, 0) is 124 Å². The molecule has 2 aromatic carbocycles. The van der Waals surface area contributed by atoms with Gasteiger partial charge in [-0.25, -0.2) is 4.70 Å². The summed E-state index contributed by atoms with van der Waals surface area (Å²) in [5, 5.41) is 0. The van der Waals surface area contributed by atoms with Gasteiger partial charge < -0.3 is 19.4 Å². The molecule has 0 unspecified atom stereocenters. The van der Waals surface area contributed by atoms with E-state index in [0.717, 1.165) is 69.2 Å². The summed E-state index contributed by atoms with van der Waals surface area (Å²) in [6.07, 6.45) is 110. The molecular weight excluding hydrogens is 1350 g/mol. The largest absolute Gasteiger partial charge is 2.00 e. The fourth-order valence-corrected chi connectivity index (χ4v) is 16.4. The summed E-state index contributed by atoms with van der Waals surface area (Å²) < 4.78 is 1.68. The maximum Gasteiger partial charge on any atom is 2.00 e. The Kier molecular flexibility index (Phi) is 82.4. The predicted molar refractivity (Wildman–Crippen MR) is 487 cm³/mol. The molecule has 0 saturated carbocycles. The van der Waals surface area contributed by atoms with Crippen LogP contribution in [0.3, 0.4) is 0 Å².